The van der Waals surface area contributed by atoms with Crippen LogP contribution in [-0.2, 0) is 19.1 Å². The third kappa shape index (κ3) is 4.93. The summed E-state index contributed by atoms with van der Waals surface area (Å²) in [6.45, 7) is 3.74. The molecule has 1 atom stereocenters. The van der Waals surface area contributed by atoms with Crippen LogP contribution in [0.2, 0.25) is 0 Å². The van der Waals surface area contributed by atoms with E-state index in [4.69, 9.17) is 9.47 Å². The molecule has 0 spiro atoms. The van der Waals surface area contributed by atoms with Crippen molar-refractivity contribution in [3.05, 3.63) is 53.6 Å². The van der Waals surface area contributed by atoms with Crippen molar-refractivity contribution < 1.29 is 23.9 Å². The van der Waals surface area contributed by atoms with Gasteiger partial charge in [-0.3, -0.25) is 14.4 Å². The number of para-hydroxylation sites is 2. The lowest BCUT2D eigenvalue weighted by Gasteiger charge is -2.18. The zero-order valence-electron chi connectivity index (χ0n) is 16.7. The molecule has 0 radical (unpaired) electrons. The number of methoxy groups -OCH3 is 1. The zero-order chi connectivity index (χ0) is 21.0. The van der Waals surface area contributed by atoms with Crippen molar-refractivity contribution >= 4 is 29.2 Å². The molecule has 2 aromatic rings. The van der Waals surface area contributed by atoms with Crippen LogP contribution >= 0.6 is 0 Å². The molecular formula is C22H24N2O5. The summed E-state index contributed by atoms with van der Waals surface area (Å²) in [6, 6.07) is 12.8. The number of esters is 1. The highest BCUT2D eigenvalue weighted by Crippen LogP contribution is 2.28. The molecule has 1 heterocycles. The maximum Gasteiger partial charge on any atom is 0.311 e. The highest BCUT2D eigenvalue weighted by Gasteiger charge is 2.36. The number of nitrogens with zero attached hydrogens (tertiary/aromatic N) is 1. The van der Waals surface area contributed by atoms with E-state index in [1.165, 1.54) is 7.11 Å². The van der Waals surface area contributed by atoms with Crippen LogP contribution in [0.5, 0.6) is 5.75 Å². The van der Waals surface area contributed by atoms with Crippen LogP contribution in [0.15, 0.2) is 42.5 Å². The van der Waals surface area contributed by atoms with Crippen molar-refractivity contribution in [2.24, 2.45) is 5.92 Å². The molecule has 0 bridgehead atoms. The monoisotopic (exact) mass is 396 g/mol. The molecule has 0 aromatic heterocycles. The van der Waals surface area contributed by atoms with Gasteiger partial charge in [-0.25, -0.2) is 0 Å². The van der Waals surface area contributed by atoms with Crippen LogP contribution in [-0.4, -0.2) is 38.0 Å². The number of anilines is 2. The lowest BCUT2D eigenvalue weighted by atomic mass is 10.1. The summed E-state index contributed by atoms with van der Waals surface area (Å²) in [5, 5.41) is 2.64. The molecule has 1 N–H and O–H groups in total. The van der Waals surface area contributed by atoms with Crippen LogP contribution in [0, 0.1) is 19.8 Å². The van der Waals surface area contributed by atoms with Crippen LogP contribution in [0.3, 0.4) is 0 Å². The second-order valence-corrected chi connectivity index (χ2v) is 7.11. The van der Waals surface area contributed by atoms with E-state index >= 15 is 0 Å². The molecule has 0 unspecified atom stereocenters. The van der Waals surface area contributed by atoms with E-state index in [-0.39, 0.29) is 18.9 Å². The lowest BCUT2D eigenvalue weighted by molar-refractivity contribution is -0.151. The molecule has 2 aromatic carbocycles. The Morgan fingerprint density at radius 3 is 2.52 bits per heavy atom. The first-order valence-corrected chi connectivity index (χ1v) is 9.35. The van der Waals surface area contributed by atoms with Crippen LogP contribution in [0.25, 0.3) is 0 Å². The number of hydrogen-bond acceptors (Lipinski definition) is 5. The summed E-state index contributed by atoms with van der Waals surface area (Å²) in [7, 11) is 1.50. The van der Waals surface area contributed by atoms with Gasteiger partial charge in [0.1, 0.15) is 5.75 Å². The van der Waals surface area contributed by atoms with Gasteiger partial charge in [0.2, 0.25) is 5.91 Å². The van der Waals surface area contributed by atoms with Crippen LogP contribution < -0.4 is 15.0 Å². The first-order chi connectivity index (χ1) is 13.9. The minimum Gasteiger partial charge on any atom is -0.495 e. The number of rotatable bonds is 6. The minimum atomic E-state index is -0.595. The number of carbonyl (C=O) groups is 3. The summed E-state index contributed by atoms with van der Waals surface area (Å²) in [4.78, 5) is 38.5. The molecule has 0 aliphatic carbocycles. The fourth-order valence-corrected chi connectivity index (χ4v) is 3.41. The Bertz CT molecular complexity index is 920. The van der Waals surface area contributed by atoms with Crippen LogP contribution in [0.1, 0.15) is 17.5 Å². The topological polar surface area (TPSA) is 84.9 Å². The largest absolute Gasteiger partial charge is 0.495 e. The Hall–Kier alpha value is -3.35. The van der Waals surface area contributed by atoms with Crippen molar-refractivity contribution in [2.75, 3.05) is 30.5 Å². The van der Waals surface area contributed by atoms with E-state index in [2.05, 4.69) is 5.32 Å². The van der Waals surface area contributed by atoms with Crippen molar-refractivity contribution in [2.45, 2.75) is 20.3 Å². The second kappa shape index (κ2) is 8.77. The predicted octanol–water partition coefficient (Wildman–Crippen LogP) is 2.85. The molecule has 2 amide bonds. The maximum atomic E-state index is 12.4. The van der Waals surface area contributed by atoms with E-state index in [1.807, 2.05) is 32.0 Å². The van der Waals surface area contributed by atoms with Gasteiger partial charge < -0.3 is 19.7 Å². The molecule has 7 nitrogen and oxygen atoms in total. The number of nitrogens with one attached hydrogen (secondary N) is 1. The van der Waals surface area contributed by atoms with Gasteiger partial charge in [-0.1, -0.05) is 18.2 Å². The number of amides is 2. The summed E-state index contributed by atoms with van der Waals surface area (Å²) in [5.41, 5.74) is 3.36. The Balaban J connectivity index is 1.56. The summed E-state index contributed by atoms with van der Waals surface area (Å²) in [6.07, 6.45) is 0.0694. The summed E-state index contributed by atoms with van der Waals surface area (Å²) < 4.78 is 10.3. The molecule has 1 fully saturated rings. The predicted molar refractivity (Wildman–Crippen MR) is 109 cm³/mol. The fourth-order valence-electron chi connectivity index (χ4n) is 3.41. The normalized spacial score (nSPS) is 15.9. The van der Waals surface area contributed by atoms with Gasteiger partial charge >= 0.3 is 5.97 Å². The quantitative estimate of drug-likeness (QED) is 0.759. The maximum absolute atomic E-state index is 12.4. The average molecular weight is 396 g/mol. The number of benzene rings is 2. The molecule has 1 aliphatic rings. The third-order valence-corrected chi connectivity index (χ3v) is 4.70. The van der Waals surface area contributed by atoms with Gasteiger partial charge in [-0.2, -0.15) is 0 Å². The van der Waals surface area contributed by atoms with E-state index in [1.54, 1.807) is 29.2 Å². The smallest absolute Gasteiger partial charge is 0.311 e. The van der Waals surface area contributed by atoms with Gasteiger partial charge in [0.15, 0.2) is 6.61 Å². The van der Waals surface area contributed by atoms with Crippen LogP contribution in [0.4, 0.5) is 11.4 Å². The van der Waals surface area contributed by atoms with Crippen molar-refractivity contribution in [1.82, 2.24) is 0 Å². The SMILES string of the molecule is COc1ccccc1NC(=O)COC(=O)[C@H]1CC(=O)N(c2cc(C)cc(C)c2)C1. The number of hydrogen-bond donors (Lipinski definition) is 1. The Morgan fingerprint density at radius 2 is 1.83 bits per heavy atom. The van der Waals surface area contributed by atoms with E-state index in [0.717, 1.165) is 16.8 Å². The Kier molecular flexibility index (Phi) is 6.16. The first-order valence-electron chi connectivity index (χ1n) is 9.35. The van der Waals surface area contributed by atoms with Gasteiger partial charge in [0.05, 0.1) is 18.7 Å². The zero-order valence-corrected chi connectivity index (χ0v) is 16.7. The Labute approximate surface area is 169 Å². The summed E-state index contributed by atoms with van der Waals surface area (Å²) >= 11 is 0. The van der Waals surface area contributed by atoms with Gasteiger partial charge in [-0.15, -0.1) is 0 Å². The molecule has 3 rings (SSSR count). The lowest BCUT2D eigenvalue weighted by Crippen LogP contribution is -2.28. The molecule has 1 saturated heterocycles. The molecule has 29 heavy (non-hydrogen) atoms. The van der Waals surface area contributed by atoms with Crippen molar-refractivity contribution in [1.29, 1.82) is 0 Å². The number of carbonyl (C=O) groups excluding carboxylic acids is 3. The summed E-state index contributed by atoms with van der Waals surface area (Å²) in [5.74, 6) is -1.24. The average Bonchev–Trinajstić information content (AvgIpc) is 3.07. The number of ether oxygens (including phenoxy) is 2. The minimum absolute atomic E-state index is 0.0694. The Morgan fingerprint density at radius 1 is 1.14 bits per heavy atom. The molecular weight excluding hydrogens is 372 g/mol. The standard InChI is InChI=1S/C22H24N2O5/c1-14-8-15(2)10-17(9-14)24-12-16(11-21(24)26)22(27)29-13-20(25)23-18-6-4-5-7-19(18)28-3/h4-10,16H,11-13H2,1-3H3,(H,23,25)/t16-/m0/s1. The number of aryl methyl sites for hydroxylation is 2. The van der Waals surface area contributed by atoms with E-state index in [0.29, 0.717) is 11.4 Å². The van der Waals surface area contributed by atoms with Crippen molar-refractivity contribution in [3.63, 3.8) is 0 Å². The van der Waals surface area contributed by atoms with Gasteiger partial charge in [-0.05, 0) is 49.2 Å². The second-order valence-electron chi connectivity index (χ2n) is 7.11. The van der Waals surface area contributed by atoms with Gasteiger partial charge in [0.25, 0.3) is 5.91 Å². The molecule has 1 aliphatic heterocycles. The van der Waals surface area contributed by atoms with Gasteiger partial charge in [0, 0.05) is 18.7 Å². The fraction of sp³-hybridized carbons (Fsp3) is 0.318. The first kappa shape index (κ1) is 20.4. The molecule has 152 valence electrons. The van der Waals surface area contributed by atoms with E-state index < -0.39 is 24.4 Å². The third-order valence-electron chi connectivity index (χ3n) is 4.70. The highest BCUT2D eigenvalue weighted by molar-refractivity contribution is 6.00. The van der Waals surface area contributed by atoms with Crippen molar-refractivity contribution in [3.8, 4) is 5.75 Å². The highest BCUT2D eigenvalue weighted by atomic mass is 16.5. The van der Waals surface area contributed by atoms with E-state index in [9.17, 15) is 14.4 Å². The molecule has 7 heteroatoms. The molecule has 0 saturated carbocycles.